The molecule has 0 saturated carbocycles. The van der Waals surface area contributed by atoms with Crippen molar-refractivity contribution in [3.05, 3.63) is 0 Å². The van der Waals surface area contributed by atoms with Crippen LogP contribution in [0.5, 0.6) is 0 Å². The van der Waals surface area contributed by atoms with Gasteiger partial charge in [-0.2, -0.15) is 0 Å². The highest BCUT2D eigenvalue weighted by molar-refractivity contribution is 7.92. The summed E-state index contributed by atoms with van der Waals surface area (Å²) in [5.41, 5.74) is 0.188. The quantitative estimate of drug-likeness (QED) is 0.751. The van der Waals surface area contributed by atoms with Gasteiger partial charge in [0, 0.05) is 24.8 Å². The van der Waals surface area contributed by atoms with Gasteiger partial charge in [0.25, 0.3) is 0 Å². The summed E-state index contributed by atoms with van der Waals surface area (Å²) in [6.07, 6.45) is 1.28. The molecule has 0 amide bonds. The maximum absolute atomic E-state index is 11.4. The molecule has 0 aromatic heterocycles. The molecule has 0 aromatic carbocycles. The largest absolute Gasteiger partial charge is 0.380 e. The molecule has 1 fully saturated rings. The van der Waals surface area contributed by atoms with Crippen LogP contribution in [0.2, 0.25) is 0 Å². The Morgan fingerprint density at radius 2 is 1.93 bits per heavy atom. The minimum atomic E-state index is -3.00. The number of hydrogen-bond acceptors (Lipinski definition) is 4. The van der Waals surface area contributed by atoms with Gasteiger partial charge in [-0.15, -0.1) is 0 Å². The van der Waals surface area contributed by atoms with Crippen LogP contribution in [-0.4, -0.2) is 45.7 Å². The maximum atomic E-state index is 11.4. The lowest BCUT2D eigenvalue weighted by molar-refractivity contribution is -0.0990. The molecule has 1 heterocycles. The van der Waals surface area contributed by atoms with E-state index in [4.69, 9.17) is 4.74 Å². The van der Waals surface area contributed by atoms with E-state index in [1.54, 1.807) is 13.8 Å². The SMILES string of the molecule is CC1(CNCC(C)(C)S(C)(=O)=O)COC1. The second-order valence-electron chi connectivity index (χ2n) is 5.44. The molecule has 1 aliphatic rings. The van der Waals surface area contributed by atoms with Crippen LogP contribution >= 0.6 is 0 Å². The zero-order chi connectivity index (χ0) is 11.7. The third-order valence-electron chi connectivity index (χ3n) is 3.01. The Morgan fingerprint density at radius 3 is 2.27 bits per heavy atom. The summed E-state index contributed by atoms with van der Waals surface area (Å²) in [7, 11) is -3.00. The monoisotopic (exact) mass is 235 g/mol. The van der Waals surface area contributed by atoms with E-state index in [0.29, 0.717) is 6.54 Å². The van der Waals surface area contributed by atoms with Crippen molar-refractivity contribution in [2.75, 3.05) is 32.6 Å². The highest BCUT2D eigenvalue weighted by Gasteiger charge is 2.35. The van der Waals surface area contributed by atoms with Crippen LogP contribution < -0.4 is 5.32 Å². The number of nitrogens with one attached hydrogen (secondary N) is 1. The van der Waals surface area contributed by atoms with E-state index in [-0.39, 0.29) is 5.41 Å². The summed E-state index contributed by atoms with van der Waals surface area (Å²) in [6.45, 7) is 8.45. The first-order valence-electron chi connectivity index (χ1n) is 5.14. The van der Waals surface area contributed by atoms with Crippen molar-refractivity contribution < 1.29 is 13.2 Å². The fraction of sp³-hybridized carbons (Fsp3) is 1.00. The molecule has 1 rings (SSSR count). The minimum Gasteiger partial charge on any atom is -0.380 e. The summed E-state index contributed by atoms with van der Waals surface area (Å²) in [4.78, 5) is 0. The first-order chi connectivity index (χ1) is 6.66. The van der Waals surface area contributed by atoms with Crippen molar-refractivity contribution in [3.63, 3.8) is 0 Å². The Kier molecular flexibility index (Phi) is 3.48. The van der Waals surface area contributed by atoms with Gasteiger partial charge in [-0.3, -0.25) is 0 Å². The summed E-state index contributed by atoms with van der Waals surface area (Å²) in [6, 6.07) is 0. The normalized spacial score (nSPS) is 21.1. The van der Waals surface area contributed by atoms with Crippen molar-refractivity contribution in [2.24, 2.45) is 5.41 Å². The summed E-state index contributed by atoms with van der Waals surface area (Å²) < 4.78 is 27.3. The Bertz CT molecular complexity index is 318. The lowest BCUT2D eigenvalue weighted by Gasteiger charge is -2.39. The van der Waals surface area contributed by atoms with Crippen LogP contribution in [-0.2, 0) is 14.6 Å². The molecular weight excluding hydrogens is 214 g/mol. The van der Waals surface area contributed by atoms with Crippen LogP contribution in [0, 0.1) is 5.41 Å². The van der Waals surface area contributed by atoms with Gasteiger partial charge in [0.15, 0.2) is 9.84 Å². The predicted octanol–water partition coefficient (Wildman–Crippen LogP) is 0.436. The zero-order valence-corrected chi connectivity index (χ0v) is 10.8. The summed E-state index contributed by atoms with van der Waals surface area (Å²) in [5.74, 6) is 0. The lowest BCUT2D eigenvalue weighted by Crippen LogP contribution is -2.51. The van der Waals surface area contributed by atoms with Crippen LogP contribution in [0.4, 0.5) is 0 Å². The molecule has 0 aromatic rings. The van der Waals surface area contributed by atoms with Gasteiger partial charge in [-0.1, -0.05) is 6.92 Å². The van der Waals surface area contributed by atoms with Gasteiger partial charge in [0.05, 0.1) is 18.0 Å². The standard InChI is InChI=1S/C10H21NO3S/c1-9(2,15(4,12)13)5-11-6-10(3)7-14-8-10/h11H,5-8H2,1-4H3. The number of rotatable bonds is 5. The molecule has 90 valence electrons. The van der Waals surface area contributed by atoms with E-state index in [1.165, 1.54) is 6.26 Å². The highest BCUT2D eigenvalue weighted by atomic mass is 32.2. The van der Waals surface area contributed by atoms with Gasteiger partial charge >= 0.3 is 0 Å². The van der Waals surface area contributed by atoms with E-state index in [0.717, 1.165) is 19.8 Å². The van der Waals surface area contributed by atoms with Crippen LogP contribution in [0.15, 0.2) is 0 Å². The molecule has 0 aliphatic carbocycles. The molecule has 1 N–H and O–H groups in total. The smallest absolute Gasteiger partial charge is 0.153 e. The molecule has 1 saturated heterocycles. The summed E-state index contributed by atoms with van der Waals surface area (Å²) in [5, 5.41) is 3.22. The molecule has 0 bridgehead atoms. The van der Waals surface area contributed by atoms with Gasteiger partial charge in [0.2, 0.25) is 0 Å². The first-order valence-corrected chi connectivity index (χ1v) is 7.04. The van der Waals surface area contributed by atoms with Gasteiger partial charge in [-0.05, 0) is 13.8 Å². The molecule has 0 spiro atoms. The molecular formula is C10H21NO3S. The van der Waals surface area contributed by atoms with E-state index >= 15 is 0 Å². The Hall–Kier alpha value is -0.130. The Morgan fingerprint density at radius 1 is 1.40 bits per heavy atom. The third-order valence-corrected chi connectivity index (χ3v) is 5.16. The van der Waals surface area contributed by atoms with Gasteiger partial charge in [0.1, 0.15) is 0 Å². The Labute approximate surface area is 92.3 Å². The molecule has 1 aliphatic heterocycles. The fourth-order valence-electron chi connectivity index (χ4n) is 1.35. The average Bonchev–Trinajstić information content (AvgIpc) is 1.98. The molecule has 4 nitrogen and oxygen atoms in total. The topological polar surface area (TPSA) is 55.4 Å². The van der Waals surface area contributed by atoms with Crippen molar-refractivity contribution in [3.8, 4) is 0 Å². The zero-order valence-electron chi connectivity index (χ0n) is 9.96. The van der Waals surface area contributed by atoms with Gasteiger partial charge in [-0.25, -0.2) is 8.42 Å². The van der Waals surface area contributed by atoms with E-state index < -0.39 is 14.6 Å². The number of sulfone groups is 1. The first kappa shape index (κ1) is 12.9. The molecule has 15 heavy (non-hydrogen) atoms. The van der Waals surface area contributed by atoms with Crippen LogP contribution in [0.25, 0.3) is 0 Å². The molecule has 0 radical (unpaired) electrons. The van der Waals surface area contributed by atoms with Crippen molar-refractivity contribution in [2.45, 2.75) is 25.5 Å². The van der Waals surface area contributed by atoms with Crippen molar-refractivity contribution in [1.29, 1.82) is 0 Å². The number of ether oxygens (including phenoxy) is 1. The second-order valence-corrected chi connectivity index (χ2v) is 8.09. The van der Waals surface area contributed by atoms with Crippen molar-refractivity contribution in [1.82, 2.24) is 5.32 Å². The predicted molar refractivity (Wildman–Crippen MR) is 60.7 cm³/mol. The fourth-order valence-corrected chi connectivity index (χ4v) is 1.71. The number of hydrogen-bond donors (Lipinski definition) is 1. The summed E-state index contributed by atoms with van der Waals surface area (Å²) >= 11 is 0. The van der Waals surface area contributed by atoms with Crippen LogP contribution in [0.3, 0.4) is 0 Å². The van der Waals surface area contributed by atoms with E-state index in [2.05, 4.69) is 12.2 Å². The molecule has 5 heteroatoms. The van der Waals surface area contributed by atoms with Crippen LogP contribution in [0.1, 0.15) is 20.8 Å². The molecule has 0 atom stereocenters. The average molecular weight is 235 g/mol. The van der Waals surface area contributed by atoms with Crippen molar-refractivity contribution >= 4 is 9.84 Å². The minimum absolute atomic E-state index is 0.188. The Balaban J connectivity index is 2.37. The third kappa shape index (κ3) is 3.16. The maximum Gasteiger partial charge on any atom is 0.153 e. The van der Waals surface area contributed by atoms with E-state index in [9.17, 15) is 8.42 Å². The highest BCUT2D eigenvalue weighted by Crippen LogP contribution is 2.25. The second kappa shape index (κ2) is 4.03. The van der Waals surface area contributed by atoms with Gasteiger partial charge < -0.3 is 10.1 Å². The van der Waals surface area contributed by atoms with E-state index in [1.807, 2.05) is 0 Å². The molecule has 0 unspecified atom stereocenters. The lowest BCUT2D eigenvalue weighted by atomic mass is 9.88.